The van der Waals surface area contributed by atoms with Gasteiger partial charge >= 0.3 is 5.97 Å². The van der Waals surface area contributed by atoms with Crippen LogP contribution in [-0.2, 0) is 6.54 Å². The van der Waals surface area contributed by atoms with E-state index in [4.69, 9.17) is 5.11 Å². The van der Waals surface area contributed by atoms with E-state index < -0.39 is 5.97 Å². The third-order valence-corrected chi connectivity index (χ3v) is 3.46. The predicted octanol–water partition coefficient (Wildman–Crippen LogP) is 2.80. The number of benzene rings is 2. The van der Waals surface area contributed by atoms with Crippen molar-refractivity contribution in [3.8, 4) is 5.75 Å². The average molecular weight is 282 g/mol. The van der Waals surface area contributed by atoms with Gasteiger partial charge in [-0.25, -0.2) is 9.78 Å². The molecule has 1 heterocycles. The minimum absolute atomic E-state index is 0.0502. The molecule has 0 saturated carbocycles. The molecular formula is C16H14N2O3. The summed E-state index contributed by atoms with van der Waals surface area (Å²) in [6.45, 7) is 2.41. The minimum Gasteiger partial charge on any atom is -0.506 e. The number of aromatic carboxylic acids is 1. The highest BCUT2D eigenvalue weighted by Gasteiger charge is 2.15. The lowest BCUT2D eigenvalue weighted by Crippen LogP contribution is -2.03. The van der Waals surface area contributed by atoms with Gasteiger partial charge in [-0.2, -0.15) is 0 Å². The standard InChI is InChI=1S/C16H14N2O3/c1-10-17-15-13(7-12(16(20)21)8-14(15)19)18(10)9-11-5-3-2-4-6-11/h2-8,19H,9H2,1H3,(H,20,21). The van der Waals surface area contributed by atoms with E-state index in [9.17, 15) is 9.90 Å². The molecule has 106 valence electrons. The number of hydrogen-bond donors (Lipinski definition) is 2. The number of carbonyl (C=O) groups is 1. The fraction of sp³-hybridized carbons (Fsp3) is 0.125. The van der Waals surface area contributed by atoms with Crippen molar-refractivity contribution in [2.24, 2.45) is 0 Å². The zero-order valence-corrected chi connectivity index (χ0v) is 11.4. The number of rotatable bonds is 3. The van der Waals surface area contributed by atoms with Crippen LogP contribution in [0.15, 0.2) is 42.5 Å². The van der Waals surface area contributed by atoms with Crippen molar-refractivity contribution < 1.29 is 15.0 Å². The lowest BCUT2D eigenvalue weighted by molar-refractivity contribution is 0.0696. The molecule has 1 aromatic heterocycles. The highest BCUT2D eigenvalue weighted by molar-refractivity contribution is 5.95. The Kier molecular flexibility index (Phi) is 3.10. The first-order chi connectivity index (χ1) is 10.1. The van der Waals surface area contributed by atoms with Gasteiger partial charge in [-0.3, -0.25) is 0 Å². The molecule has 3 aromatic rings. The second-order valence-corrected chi connectivity index (χ2v) is 4.90. The second kappa shape index (κ2) is 4.94. The number of hydrogen-bond acceptors (Lipinski definition) is 3. The van der Waals surface area contributed by atoms with E-state index in [1.165, 1.54) is 6.07 Å². The molecule has 0 aliphatic carbocycles. The zero-order valence-electron chi connectivity index (χ0n) is 11.4. The average Bonchev–Trinajstić information content (AvgIpc) is 2.77. The number of carboxylic acids is 1. The molecule has 3 rings (SSSR count). The summed E-state index contributed by atoms with van der Waals surface area (Å²) in [5.74, 6) is -0.455. The smallest absolute Gasteiger partial charge is 0.335 e. The van der Waals surface area contributed by atoms with Crippen molar-refractivity contribution in [2.45, 2.75) is 13.5 Å². The van der Waals surface area contributed by atoms with Gasteiger partial charge in [-0.1, -0.05) is 30.3 Å². The predicted molar refractivity (Wildman–Crippen MR) is 78.6 cm³/mol. The number of phenols is 1. The maximum atomic E-state index is 11.1. The van der Waals surface area contributed by atoms with Gasteiger partial charge in [0.15, 0.2) is 0 Å². The van der Waals surface area contributed by atoms with Crippen LogP contribution in [0.2, 0.25) is 0 Å². The Morgan fingerprint density at radius 3 is 2.62 bits per heavy atom. The fourth-order valence-electron chi connectivity index (χ4n) is 2.41. The summed E-state index contributed by atoms with van der Waals surface area (Å²) in [4.78, 5) is 15.5. The molecule has 0 atom stereocenters. The van der Waals surface area contributed by atoms with Crippen LogP contribution in [0.5, 0.6) is 5.75 Å². The lowest BCUT2D eigenvalue weighted by Gasteiger charge is -2.07. The van der Waals surface area contributed by atoms with E-state index in [0.29, 0.717) is 17.6 Å². The van der Waals surface area contributed by atoms with Gasteiger partial charge in [0, 0.05) is 6.54 Å². The highest BCUT2D eigenvalue weighted by Crippen LogP contribution is 2.27. The van der Waals surface area contributed by atoms with Gasteiger partial charge in [0.1, 0.15) is 17.1 Å². The maximum Gasteiger partial charge on any atom is 0.335 e. The summed E-state index contributed by atoms with van der Waals surface area (Å²) in [5.41, 5.74) is 2.18. The number of aromatic hydroxyl groups is 1. The Morgan fingerprint density at radius 2 is 1.95 bits per heavy atom. The molecule has 21 heavy (non-hydrogen) atoms. The van der Waals surface area contributed by atoms with Crippen LogP contribution in [-0.4, -0.2) is 25.7 Å². The van der Waals surface area contributed by atoms with Crippen molar-refractivity contribution in [3.05, 3.63) is 59.4 Å². The van der Waals surface area contributed by atoms with Crippen LogP contribution in [0.25, 0.3) is 11.0 Å². The summed E-state index contributed by atoms with van der Waals surface area (Å²) < 4.78 is 1.90. The molecular weight excluding hydrogens is 268 g/mol. The van der Waals surface area contributed by atoms with Crippen LogP contribution in [0.4, 0.5) is 0 Å². The van der Waals surface area contributed by atoms with Crippen molar-refractivity contribution in [1.29, 1.82) is 0 Å². The van der Waals surface area contributed by atoms with Gasteiger partial charge in [0.25, 0.3) is 0 Å². The zero-order chi connectivity index (χ0) is 15.0. The number of nitrogens with zero attached hydrogens (tertiary/aromatic N) is 2. The molecule has 0 fully saturated rings. The van der Waals surface area contributed by atoms with E-state index >= 15 is 0 Å². The van der Waals surface area contributed by atoms with Crippen molar-refractivity contribution in [3.63, 3.8) is 0 Å². The van der Waals surface area contributed by atoms with E-state index in [0.717, 1.165) is 11.4 Å². The molecule has 0 bridgehead atoms. The summed E-state index contributed by atoms with van der Waals surface area (Å²) in [7, 11) is 0. The first-order valence-electron chi connectivity index (χ1n) is 6.53. The highest BCUT2D eigenvalue weighted by atomic mass is 16.4. The topological polar surface area (TPSA) is 75.3 Å². The van der Waals surface area contributed by atoms with E-state index in [2.05, 4.69) is 4.98 Å². The van der Waals surface area contributed by atoms with Gasteiger partial charge in [0.05, 0.1) is 11.1 Å². The van der Waals surface area contributed by atoms with Crippen molar-refractivity contribution in [2.75, 3.05) is 0 Å². The molecule has 0 aliphatic rings. The molecule has 0 saturated heterocycles. The summed E-state index contributed by atoms with van der Waals surface area (Å²) in [6, 6.07) is 12.6. The Balaban J connectivity index is 2.17. The van der Waals surface area contributed by atoms with Crippen LogP contribution < -0.4 is 0 Å². The summed E-state index contributed by atoms with van der Waals surface area (Å²) in [5, 5.41) is 19.1. The number of carboxylic acid groups (broad SMARTS) is 1. The summed E-state index contributed by atoms with van der Waals surface area (Å²) >= 11 is 0. The largest absolute Gasteiger partial charge is 0.506 e. The molecule has 0 amide bonds. The molecule has 5 nitrogen and oxygen atoms in total. The normalized spacial score (nSPS) is 10.9. The SMILES string of the molecule is Cc1nc2c(O)cc(C(=O)O)cc2n1Cc1ccccc1. The van der Waals surface area contributed by atoms with Crippen LogP contribution in [0.3, 0.4) is 0 Å². The van der Waals surface area contributed by atoms with Gasteiger partial charge in [-0.15, -0.1) is 0 Å². The van der Waals surface area contributed by atoms with Crippen molar-refractivity contribution in [1.82, 2.24) is 9.55 Å². The quantitative estimate of drug-likeness (QED) is 0.774. The molecule has 0 spiro atoms. The van der Waals surface area contributed by atoms with Gasteiger partial charge < -0.3 is 14.8 Å². The van der Waals surface area contributed by atoms with Crippen molar-refractivity contribution >= 4 is 17.0 Å². The van der Waals surface area contributed by atoms with Gasteiger partial charge in [0.2, 0.25) is 0 Å². The number of fused-ring (bicyclic) bond motifs is 1. The maximum absolute atomic E-state index is 11.1. The third-order valence-electron chi connectivity index (χ3n) is 3.46. The number of aromatic nitrogens is 2. The van der Waals surface area contributed by atoms with Crippen LogP contribution >= 0.6 is 0 Å². The Hall–Kier alpha value is -2.82. The monoisotopic (exact) mass is 282 g/mol. The first-order valence-corrected chi connectivity index (χ1v) is 6.53. The fourth-order valence-corrected chi connectivity index (χ4v) is 2.41. The Labute approximate surface area is 121 Å². The molecule has 2 aromatic carbocycles. The molecule has 0 aliphatic heterocycles. The van der Waals surface area contributed by atoms with E-state index in [1.807, 2.05) is 41.8 Å². The summed E-state index contributed by atoms with van der Waals surface area (Å²) in [6.07, 6.45) is 0. The molecule has 0 radical (unpaired) electrons. The van der Waals surface area contributed by atoms with Crippen LogP contribution in [0, 0.1) is 6.92 Å². The van der Waals surface area contributed by atoms with E-state index in [-0.39, 0.29) is 11.3 Å². The molecule has 0 unspecified atom stereocenters. The lowest BCUT2D eigenvalue weighted by atomic mass is 10.1. The molecule has 5 heteroatoms. The number of aryl methyl sites for hydroxylation is 1. The Bertz CT molecular complexity index is 822. The number of phenolic OH excluding ortho intramolecular Hbond substituents is 1. The van der Waals surface area contributed by atoms with E-state index in [1.54, 1.807) is 6.07 Å². The minimum atomic E-state index is -1.07. The first kappa shape index (κ1) is 13.2. The number of imidazole rings is 1. The van der Waals surface area contributed by atoms with Gasteiger partial charge in [-0.05, 0) is 24.6 Å². The molecule has 2 N–H and O–H groups in total. The Morgan fingerprint density at radius 1 is 1.24 bits per heavy atom. The third kappa shape index (κ3) is 2.33. The second-order valence-electron chi connectivity index (χ2n) is 4.90. The van der Waals surface area contributed by atoms with Crippen LogP contribution in [0.1, 0.15) is 21.7 Å².